The van der Waals surface area contributed by atoms with E-state index < -0.39 is 0 Å². The van der Waals surface area contributed by atoms with E-state index in [9.17, 15) is 4.79 Å². The highest BCUT2D eigenvalue weighted by Gasteiger charge is 2.30. The van der Waals surface area contributed by atoms with Gasteiger partial charge in [-0.2, -0.15) is 0 Å². The number of H-pyrrole nitrogens is 2. The first-order valence-electron chi connectivity index (χ1n) is 8.37. The Balaban J connectivity index is 2.04. The van der Waals surface area contributed by atoms with Gasteiger partial charge in [0, 0.05) is 18.7 Å². The molecule has 1 aliphatic rings. The van der Waals surface area contributed by atoms with Gasteiger partial charge in [-0.25, -0.2) is 9.78 Å². The van der Waals surface area contributed by atoms with Gasteiger partial charge in [-0.05, 0) is 25.3 Å². The topological polar surface area (TPSA) is 75.7 Å². The molecule has 0 unspecified atom stereocenters. The lowest BCUT2D eigenvalue weighted by Gasteiger charge is -2.31. The van der Waals surface area contributed by atoms with Crippen LogP contribution in [0.4, 0.5) is 0 Å². The first-order valence-corrected chi connectivity index (χ1v) is 8.37. The zero-order valence-corrected chi connectivity index (χ0v) is 13.6. The zero-order valence-electron chi connectivity index (χ0n) is 13.6. The van der Waals surface area contributed by atoms with Gasteiger partial charge in [0.2, 0.25) is 0 Å². The molecule has 2 N–H and O–H groups in total. The monoisotopic (exact) mass is 314 g/mol. The molecule has 23 heavy (non-hydrogen) atoms. The summed E-state index contributed by atoms with van der Waals surface area (Å²) in [5, 5.41) is 0.996. The first-order chi connectivity index (χ1) is 11.2. The minimum Gasteiger partial charge on any atom is -0.379 e. The van der Waals surface area contributed by atoms with Crippen LogP contribution in [0, 0.1) is 0 Å². The predicted octanol–water partition coefficient (Wildman–Crippen LogP) is 2.90. The molecule has 6 nitrogen and oxygen atoms in total. The predicted molar refractivity (Wildman–Crippen MR) is 89.9 cm³/mol. The number of imidazole rings is 1. The number of fused-ring (bicyclic) bond motifs is 3. The van der Waals surface area contributed by atoms with Gasteiger partial charge in [-0.15, -0.1) is 0 Å². The Morgan fingerprint density at radius 3 is 3.00 bits per heavy atom. The van der Waals surface area contributed by atoms with Gasteiger partial charge in [0.05, 0.1) is 28.9 Å². The van der Waals surface area contributed by atoms with Crippen molar-refractivity contribution in [2.45, 2.75) is 51.2 Å². The van der Waals surface area contributed by atoms with Crippen molar-refractivity contribution in [1.29, 1.82) is 0 Å². The molecule has 0 bridgehead atoms. The van der Waals surface area contributed by atoms with Gasteiger partial charge in [0.25, 0.3) is 0 Å². The van der Waals surface area contributed by atoms with Gasteiger partial charge in [-0.3, -0.25) is 4.57 Å². The van der Waals surface area contributed by atoms with E-state index in [0.29, 0.717) is 0 Å². The summed E-state index contributed by atoms with van der Waals surface area (Å²) in [6, 6.07) is 2.08. The average molecular weight is 314 g/mol. The first kappa shape index (κ1) is 14.5. The third kappa shape index (κ3) is 2.12. The second kappa shape index (κ2) is 5.53. The van der Waals surface area contributed by atoms with Crippen LogP contribution in [0.1, 0.15) is 44.3 Å². The molecule has 2 atom stereocenters. The summed E-state index contributed by atoms with van der Waals surface area (Å²) < 4.78 is 7.60. The van der Waals surface area contributed by atoms with Gasteiger partial charge in [0.15, 0.2) is 0 Å². The van der Waals surface area contributed by atoms with Crippen molar-refractivity contribution in [1.82, 2.24) is 19.5 Å². The standard InChI is InChI=1S/C17H22N4O2/c1-3-11-14-15(10-8-9-18-16(10)19-11)21(17(22)20-14)12-6-4-5-7-13(12)23-2/h8-9,12-13H,3-7H2,1-2H3,(H,18,19)(H,20,22)/t12-,13+/m0/s1. The maximum Gasteiger partial charge on any atom is 0.326 e. The van der Waals surface area contributed by atoms with E-state index in [4.69, 9.17) is 4.74 Å². The van der Waals surface area contributed by atoms with E-state index in [1.165, 1.54) is 0 Å². The largest absolute Gasteiger partial charge is 0.379 e. The van der Waals surface area contributed by atoms with Crippen molar-refractivity contribution in [3.05, 3.63) is 28.4 Å². The third-order valence-electron chi connectivity index (χ3n) is 5.08. The molecule has 0 aliphatic heterocycles. The van der Waals surface area contributed by atoms with Crippen molar-refractivity contribution in [3.8, 4) is 0 Å². The highest BCUT2D eigenvalue weighted by Crippen LogP contribution is 2.34. The molecule has 4 rings (SSSR count). The fraction of sp³-hybridized carbons (Fsp3) is 0.529. The Morgan fingerprint density at radius 1 is 1.39 bits per heavy atom. The molecule has 0 saturated heterocycles. The van der Waals surface area contributed by atoms with Crippen molar-refractivity contribution in [2.24, 2.45) is 0 Å². The number of hydrogen-bond donors (Lipinski definition) is 2. The molecule has 0 spiro atoms. The number of pyridine rings is 1. The van der Waals surface area contributed by atoms with Crippen LogP contribution in [0.3, 0.4) is 0 Å². The molecule has 0 aromatic carbocycles. The average Bonchev–Trinajstić information content (AvgIpc) is 3.17. The van der Waals surface area contributed by atoms with Gasteiger partial charge < -0.3 is 14.7 Å². The number of nitrogens with zero attached hydrogens (tertiary/aromatic N) is 2. The maximum absolute atomic E-state index is 12.7. The van der Waals surface area contributed by atoms with Crippen LogP contribution in [0.15, 0.2) is 17.1 Å². The summed E-state index contributed by atoms with van der Waals surface area (Å²) in [6.45, 7) is 2.06. The number of rotatable bonds is 3. The number of methoxy groups -OCH3 is 1. The number of aromatic amines is 2. The van der Waals surface area contributed by atoms with E-state index in [-0.39, 0.29) is 17.8 Å². The van der Waals surface area contributed by atoms with Crippen LogP contribution >= 0.6 is 0 Å². The normalized spacial score (nSPS) is 22.2. The van der Waals surface area contributed by atoms with Crippen LogP contribution in [0.25, 0.3) is 22.1 Å². The van der Waals surface area contributed by atoms with E-state index in [0.717, 1.165) is 59.9 Å². The minimum absolute atomic E-state index is 0.0563. The number of aryl methyl sites for hydroxylation is 1. The zero-order chi connectivity index (χ0) is 16.0. The van der Waals surface area contributed by atoms with E-state index in [1.54, 1.807) is 7.11 Å². The van der Waals surface area contributed by atoms with Crippen molar-refractivity contribution < 1.29 is 4.74 Å². The highest BCUT2D eigenvalue weighted by molar-refractivity contribution is 6.02. The maximum atomic E-state index is 12.7. The summed E-state index contributed by atoms with van der Waals surface area (Å²) in [5.74, 6) is 0. The summed E-state index contributed by atoms with van der Waals surface area (Å²) in [5.41, 5.74) is 3.54. The Bertz CT molecular complexity index is 904. The van der Waals surface area contributed by atoms with Crippen LogP contribution in [0.2, 0.25) is 0 Å². The van der Waals surface area contributed by atoms with Crippen molar-refractivity contribution in [3.63, 3.8) is 0 Å². The molecular weight excluding hydrogens is 292 g/mol. The van der Waals surface area contributed by atoms with Crippen molar-refractivity contribution >= 4 is 22.1 Å². The minimum atomic E-state index is -0.0563. The Labute approximate surface area is 133 Å². The highest BCUT2D eigenvalue weighted by atomic mass is 16.5. The molecule has 0 amide bonds. The molecule has 0 radical (unpaired) electrons. The molecule has 3 aromatic heterocycles. The second-order valence-corrected chi connectivity index (χ2v) is 6.30. The number of aromatic nitrogens is 4. The number of nitrogens with one attached hydrogen (secondary N) is 2. The lowest BCUT2D eigenvalue weighted by molar-refractivity contribution is 0.0294. The van der Waals surface area contributed by atoms with Gasteiger partial charge >= 0.3 is 5.69 Å². The molecular formula is C17H22N4O2. The third-order valence-corrected chi connectivity index (χ3v) is 5.08. The summed E-state index contributed by atoms with van der Waals surface area (Å²) in [6.07, 6.45) is 7.02. The smallest absolute Gasteiger partial charge is 0.326 e. The van der Waals surface area contributed by atoms with Gasteiger partial charge in [0.1, 0.15) is 5.65 Å². The fourth-order valence-electron chi connectivity index (χ4n) is 3.98. The number of ether oxygens (including phenoxy) is 1. The Morgan fingerprint density at radius 2 is 2.22 bits per heavy atom. The van der Waals surface area contributed by atoms with Crippen molar-refractivity contribution in [2.75, 3.05) is 7.11 Å². The van der Waals surface area contributed by atoms with Crippen LogP contribution in [-0.2, 0) is 11.2 Å². The lowest BCUT2D eigenvalue weighted by atomic mass is 9.92. The SMILES string of the molecule is CCc1nc2[nH]ccc2c2c1[nH]c(=O)n2[C@H]1CCCC[C@H]1OC. The van der Waals surface area contributed by atoms with Crippen LogP contribution in [-0.4, -0.2) is 32.7 Å². The second-order valence-electron chi connectivity index (χ2n) is 6.30. The molecule has 1 aliphatic carbocycles. The molecule has 122 valence electrons. The Hall–Kier alpha value is -2.08. The number of hydrogen-bond acceptors (Lipinski definition) is 3. The van der Waals surface area contributed by atoms with E-state index in [2.05, 4.69) is 21.9 Å². The molecule has 3 heterocycles. The fourth-order valence-corrected chi connectivity index (χ4v) is 3.98. The Kier molecular flexibility index (Phi) is 3.49. The molecule has 3 aromatic rings. The van der Waals surface area contributed by atoms with E-state index >= 15 is 0 Å². The summed E-state index contributed by atoms with van der Waals surface area (Å²) in [4.78, 5) is 23.6. The summed E-state index contributed by atoms with van der Waals surface area (Å²) >= 11 is 0. The molecule has 6 heteroatoms. The van der Waals surface area contributed by atoms with Crippen LogP contribution < -0.4 is 5.69 Å². The summed E-state index contributed by atoms with van der Waals surface area (Å²) in [7, 11) is 1.74. The molecule has 1 fully saturated rings. The quantitative estimate of drug-likeness (QED) is 0.780. The molecule has 1 saturated carbocycles. The van der Waals surface area contributed by atoms with Gasteiger partial charge in [-0.1, -0.05) is 19.8 Å². The lowest BCUT2D eigenvalue weighted by Crippen LogP contribution is -2.34. The van der Waals surface area contributed by atoms with E-state index in [1.807, 2.05) is 16.8 Å². The van der Waals surface area contributed by atoms with Crippen LogP contribution in [0.5, 0.6) is 0 Å².